The molecule has 0 fully saturated rings. The number of aryl methyl sites for hydroxylation is 2. The van der Waals surface area contributed by atoms with Crippen LogP contribution in [0.5, 0.6) is 0 Å². The predicted molar refractivity (Wildman–Crippen MR) is 166 cm³/mol. The average molecular weight is 583 g/mol. The molecule has 2 amide bonds. The summed E-state index contributed by atoms with van der Waals surface area (Å²) in [4.78, 5) is 37.6. The third-order valence-corrected chi connectivity index (χ3v) is 7.31. The monoisotopic (exact) mass is 582 g/mol. The summed E-state index contributed by atoms with van der Waals surface area (Å²) < 4.78 is 7.41. The Balaban J connectivity index is 1.30. The van der Waals surface area contributed by atoms with Crippen LogP contribution in [0.3, 0.4) is 0 Å². The van der Waals surface area contributed by atoms with Gasteiger partial charge in [0, 0.05) is 69.8 Å². The van der Waals surface area contributed by atoms with Gasteiger partial charge in [-0.25, -0.2) is 9.78 Å². The smallest absolute Gasteiger partial charge is 0.413 e. The van der Waals surface area contributed by atoms with Gasteiger partial charge in [0.15, 0.2) is 5.82 Å². The summed E-state index contributed by atoms with van der Waals surface area (Å²) in [5.41, 5.74) is 6.80. The van der Waals surface area contributed by atoms with E-state index in [-0.39, 0.29) is 5.91 Å². The van der Waals surface area contributed by atoms with Crippen LogP contribution in [0.4, 0.5) is 10.6 Å². The van der Waals surface area contributed by atoms with Gasteiger partial charge in [-0.05, 0) is 75.6 Å². The number of carbonyl (C=O) groups is 2. The highest BCUT2D eigenvalue weighted by Crippen LogP contribution is 2.30. The minimum Gasteiger partial charge on any atom is -0.444 e. The zero-order valence-corrected chi connectivity index (χ0v) is 25.8. The third-order valence-electron chi connectivity index (χ3n) is 7.31. The summed E-state index contributed by atoms with van der Waals surface area (Å²) in [6.45, 7) is 9.89. The first-order chi connectivity index (χ1) is 20.4. The molecule has 0 bridgehead atoms. The number of fused-ring (bicyclic) bond motifs is 1. The lowest BCUT2D eigenvalue weighted by molar-refractivity contribution is 0.0634. The topological polar surface area (TPSA) is 118 Å². The number of carbonyl (C=O) groups excluding carboxylic acids is 2. The Morgan fingerprint density at radius 3 is 2.51 bits per heavy atom. The zero-order chi connectivity index (χ0) is 30.9. The minimum atomic E-state index is -0.602. The molecule has 0 aliphatic carbocycles. The van der Waals surface area contributed by atoms with E-state index in [0.717, 1.165) is 59.6 Å². The van der Waals surface area contributed by atoms with Crippen molar-refractivity contribution >= 4 is 34.4 Å². The number of aromatic nitrogens is 5. The van der Waals surface area contributed by atoms with E-state index < -0.39 is 11.7 Å². The van der Waals surface area contributed by atoms with Gasteiger partial charge in [0.05, 0.1) is 17.0 Å². The highest BCUT2D eigenvalue weighted by Gasteiger charge is 2.21. The maximum atomic E-state index is 12.3. The first-order valence-electron chi connectivity index (χ1n) is 14.3. The van der Waals surface area contributed by atoms with Gasteiger partial charge in [0.25, 0.3) is 5.91 Å². The average Bonchev–Trinajstić information content (AvgIpc) is 3.27. The lowest BCUT2D eigenvalue weighted by Gasteiger charge is -2.26. The molecule has 0 radical (unpaired) electrons. The number of rotatable bonds is 6. The van der Waals surface area contributed by atoms with Crippen LogP contribution in [0.15, 0.2) is 48.8 Å². The van der Waals surface area contributed by atoms with Crippen molar-refractivity contribution in [1.82, 2.24) is 34.5 Å². The lowest BCUT2D eigenvalue weighted by Crippen LogP contribution is -2.29. The normalized spacial score (nSPS) is 14.0. The SMILES string of the molecule is Cc1cc(C(=O)N(C)C)cnc1C1=CCN(Cc2cc3c(-c4ccc(NC(=O)OC(C)(C)C)nn4)ccnc3n2C)CC1. The van der Waals surface area contributed by atoms with E-state index in [9.17, 15) is 9.59 Å². The largest absolute Gasteiger partial charge is 0.444 e. The fourth-order valence-electron chi connectivity index (χ4n) is 5.18. The molecule has 11 heteroatoms. The molecule has 1 aliphatic rings. The van der Waals surface area contributed by atoms with Crippen molar-refractivity contribution < 1.29 is 14.3 Å². The second-order valence-corrected chi connectivity index (χ2v) is 12.0. The van der Waals surface area contributed by atoms with E-state index in [1.807, 2.05) is 32.2 Å². The van der Waals surface area contributed by atoms with Gasteiger partial charge >= 0.3 is 6.09 Å². The van der Waals surface area contributed by atoms with Gasteiger partial charge in [-0.2, -0.15) is 0 Å². The van der Waals surface area contributed by atoms with Crippen molar-refractivity contribution in [2.45, 2.75) is 46.3 Å². The Morgan fingerprint density at radius 2 is 1.88 bits per heavy atom. The van der Waals surface area contributed by atoms with Crippen LogP contribution in [-0.4, -0.2) is 79.3 Å². The number of hydrogen-bond donors (Lipinski definition) is 1. The molecule has 224 valence electrons. The van der Waals surface area contributed by atoms with Crippen molar-refractivity contribution in [2.75, 3.05) is 32.5 Å². The minimum absolute atomic E-state index is 0.0437. The van der Waals surface area contributed by atoms with Crippen LogP contribution >= 0.6 is 0 Å². The molecule has 4 aromatic rings. The van der Waals surface area contributed by atoms with Crippen LogP contribution in [0.1, 0.15) is 54.5 Å². The third kappa shape index (κ3) is 6.72. The Morgan fingerprint density at radius 1 is 1.09 bits per heavy atom. The van der Waals surface area contributed by atoms with E-state index in [1.54, 1.807) is 58.2 Å². The molecule has 1 N–H and O–H groups in total. The molecule has 1 aliphatic heterocycles. The van der Waals surface area contributed by atoms with Gasteiger partial charge in [-0.3, -0.25) is 20.0 Å². The molecule has 0 unspecified atom stereocenters. The molecule has 0 spiro atoms. The molecule has 11 nitrogen and oxygen atoms in total. The maximum absolute atomic E-state index is 12.3. The zero-order valence-electron chi connectivity index (χ0n) is 25.8. The fourth-order valence-corrected chi connectivity index (χ4v) is 5.18. The van der Waals surface area contributed by atoms with Crippen LogP contribution in [0.2, 0.25) is 0 Å². The van der Waals surface area contributed by atoms with Crippen LogP contribution < -0.4 is 5.32 Å². The first-order valence-corrected chi connectivity index (χ1v) is 14.3. The highest BCUT2D eigenvalue weighted by molar-refractivity contribution is 5.94. The molecular formula is C32H38N8O3. The van der Waals surface area contributed by atoms with Crippen molar-refractivity contribution in [3.63, 3.8) is 0 Å². The van der Waals surface area contributed by atoms with Crippen molar-refractivity contribution in [3.8, 4) is 11.3 Å². The van der Waals surface area contributed by atoms with E-state index >= 15 is 0 Å². The Labute approximate surface area is 251 Å². The van der Waals surface area contributed by atoms with Gasteiger partial charge in [0.1, 0.15) is 11.2 Å². The van der Waals surface area contributed by atoms with E-state index in [1.165, 1.54) is 5.57 Å². The lowest BCUT2D eigenvalue weighted by atomic mass is 9.99. The summed E-state index contributed by atoms with van der Waals surface area (Å²) in [6, 6.07) is 9.56. The number of pyridine rings is 2. The molecule has 0 aromatic carbocycles. The van der Waals surface area contributed by atoms with Gasteiger partial charge in [-0.1, -0.05) is 6.08 Å². The van der Waals surface area contributed by atoms with E-state index in [0.29, 0.717) is 17.1 Å². The van der Waals surface area contributed by atoms with Crippen molar-refractivity contribution in [2.24, 2.45) is 7.05 Å². The van der Waals surface area contributed by atoms with Crippen LogP contribution in [0.25, 0.3) is 27.9 Å². The molecule has 5 heterocycles. The van der Waals surface area contributed by atoms with Gasteiger partial charge in [-0.15, -0.1) is 10.2 Å². The molecule has 0 saturated heterocycles. The number of nitrogens with one attached hydrogen (secondary N) is 1. The van der Waals surface area contributed by atoms with Crippen LogP contribution in [-0.2, 0) is 18.3 Å². The summed E-state index contributed by atoms with van der Waals surface area (Å²) >= 11 is 0. The fraction of sp³-hybridized carbons (Fsp3) is 0.375. The predicted octanol–water partition coefficient (Wildman–Crippen LogP) is 5.07. The quantitative estimate of drug-likeness (QED) is 0.335. The van der Waals surface area contributed by atoms with Gasteiger partial charge < -0.3 is 14.2 Å². The molecule has 0 saturated carbocycles. The standard InChI is InChI=1S/C32H38N8O3/c1-20-16-22(30(41)38(5)6)18-34-28(20)21-11-14-40(15-12-21)19-23-17-25-24(10-13-33-29(25)39(23)7)26-8-9-27(37-36-26)35-31(42)43-32(2,3)4/h8-11,13,16-18H,12,14-15,19H2,1-7H3,(H,35,37,42). The summed E-state index contributed by atoms with van der Waals surface area (Å²) in [5.74, 6) is 0.274. The second-order valence-electron chi connectivity index (χ2n) is 12.0. The molecule has 5 rings (SSSR count). The molecule has 4 aromatic heterocycles. The maximum Gasteiger partial charge on any atom is 0.413 e. The van der Waals surface area contributed by atoms with E-state index in [4.69, 9.17) is 4.74 Å². The van der Waals surface area contributed by atoms with Crippen molar-refractivity contribution in [3.05, 3.63) is 71.3 Å². The number of anilines is 1. The Hall–Kier alpha value is -4.64. The first kappa shape index (κ1) is 29.8. The van der Waals surface area contributed by atoms with Crippen LogP contribution in [0, 0.1) is 6.92 Å². The van der Waals surface area contributed by atoms with Gasteiger partial charge in [0.2, 0.25) is 0 Å². The highest BCUT2D eigenvalue weighted by atomic mass is 16.6. The second kappa shape index (κ2) is 11.9. The number of nitrogens with zero attached hydrogens (tertiary/aromatic N) is 7. The Bertz CT molecular complexity index is 1700. The number of hydrogen-bond acceptors (Lipinski definition) is 8. The molecule has 43 heavy (non-hydrogen) atoms. The van der Waals surface area contributed by atoms with E-state index in [2.05, 4.69) is 47.1 Å². The summed E-state index contributed by atoms with van der Waals surface area (Å²) in [6.07, 6.45) is 5.99. The van der Waals surface area contributed by atoms with Crippen molar-refractivity contribution in [1.29, 1.82) is 0 Å². The molecule has 0 atom stereocenters. The molecular weight excluding hydrogens is 544 g/mol. The summed E-state index contributed by atoms with van der Waals surface area (Å²) in [7, 11) is 5.52. The number of amides is 2. The summed E-state index contributed by atoms with van der Waals surface area (Å²) in [5, 5.41) is 12.2. The Kier molecular flexibility index (Phi) is 8.27. The number of ether oxygens (including phenoxy) is 1.